The van der Waals surface area contributed by atoms with E-state index in [4.69, 9.17) is 16.6 Å². The lowest BCUT2D eigenvalue weighted by atomic mass is 9.80. The standard InChI is InChI=1S/C25H33ClN4O/c1-28-10-8-18(9-11-28)15-30-13-12-29(17-31)16-24(30)19-6-7-21-23(14-19)27-22-5-3-2-4-20(22)25(21)26/h2-5,17-19,24H,6-16H2,1H3. The lowest BCUT2D eigenvalue weighted by molar-refractivity contribution is -0.122. The Balaban J connectivity index is 1.37. The second-order valence-corrected chi connectivity index (χ2v) is 10.2. The molecule has 1 aromatic carbocycles. The Labute approximate surface area is 190 Å². The molecule has 1 aromatic heterocycles. The van der Waals surface area contributed by atoms with Crippen molar-refractivity contribution in [3.05, 3.63) is 40.5 Å². The van der Waals surface area contributed by atoms with Gasteiger partial charge in [-0.2, -0.15) is 0 Å². The number of benzene rings is 1. The molecule has 0 radical (unpaired) electrons. The van der Waals surface area contributed by atoms with E-state index >= 15 is 0 Å². The Bertz CT molecular complexity index is 943. The van der Waals surface area contributed by atoms with Crippen molar-refractivity contribution in [3.63, 3.8) is 0 Å². The van der Waals surface area contributed by atoms with Gasteiger partial charge in [0.15, 0.2) is 0 Å². The molecule has 2 aromatic rings. The summed E-state index contributed by atoms with van der Waals surface area (Å²) in [6.45, 7) is 6.26. The van der Waals surface area contributed by atoms with Gasteiger partial charge in [-0.05, 0) is 75.7 Å². The Hall–Kier alpha value is -1.69. The van der Waals surface area contributed by atoms with Crippen molar-refractivity contribution in [2.75, 3.05) is 46.3 Å². The quantitative estimate of drug-likeness (QED) is 0.682. The fourth-order valence-corrected chi connectivity index (χ4v) is 6.27. The number of halogens is 1. The first kappa shape index (κ1) is 21.2. The van der Waals surface area contributed by atoms with Crippen LogP contribution >= 0.6 is 11.6 Å². The summed E-state index contributed by atoms with van der Waals surface area (Å²) in [7, 11) is 2.23. The van der Waals surface area contributed by atoms with Gasteiger partial charge in [0.2, 0.25) is 6.41 Å². The number of carbonyl (C=O) groups excluding carboxylic acids is 1. The molecular weight excluding hydrogens is 408 g/mol. The van der Waals surface area contributed by atoms with Crippen LogP contribution in [0.15, 0.2) is 24.3 Å². The van der Waals surface area contributed by atoms with Crippen LogP contribution < -0.4 is 0 Å². The Morgan fingerprint density at radius 3 is 2.74 bits per heavy atom. The van der Waals surface area contributed by atoms with Crippen LogP contribution in [-0.4, -0.2) is 78.5 Å². The van der Waals surface area contributed by atoms with Gasteiger partial charge >= 0.3 is 0 Å². The number of amides is 1. The fraction of sp³-hybridized carbons (Fsp3) is 0.600. The van der Waals surface area contributed by atoms with E-state index in [2.05, 4.69) is 29.0 Å². The van der Waals surface area contributed by atoms with Gasteiger partial charge in [0.05, 0.1) is 10.5 Å². The number of fused-ring (bicyclic) bond motifs is 2. The average Bonchev–Trinajstić information content (AvgIpc) is 2.80. The minimum atomic E-state index is 0.416. The van der Waals surface area contributed by atoms with Crippen LogP contribution in [0.1, 0.15) is 30.5 Å². The third kappa shape index (κ3) is 4.33. The molecule has 31 heavy (non-hydrogen) atoms. The topological polar surface area (TPSA) is 39.7 Å². The van der Waals surface area contributed by atoms with E-state index < -0.39 is 0 Å². The van der Waals surface area contributed by atoms with Gasteiger partial charge in [-0.15, -0.1) is 0 Å². The highest BCUT2D eigenvalue weighted by Crippen LogP contribution is 2.37. The highest BCUT2D eigenvalue weighted by molar-refractivity contribution is 6.36. The van der Waals surface area contributed by atoms with E-state index in [0.717, 1.165) is 67.2 Å². The van der Waals surface area contributed by atoms with Crippen LogP contribution in [0.2, 0.25) is 5.02 Å². The first-order chi connectivity index (χ1) is 15.1. The third-order valence-corrected chi connectivity index (χ3v) is 8.25. The number of aromatic nitrogens is 1. The van der Waals surface area contributed by atoms with Crippen molar-refractivity contribution in [1.82, 2.24) is 19.7 Å². The van der Waals surface area contributed by atoms with Gasteiger partial charge in [-0.1, -0.05) is 29.8 Å². The van der Waals surface area contributed by atoms with Gasteiger partial charge in [0.25, 0.3) is 0 Å². The average molecular weight is 441 g/mol. The number of pyridine rings is 1. The fourth-order valence-electron chi connectivity index (χ4n) is 5.91. The third-order valence-electron chi connectivity index (χ3n) is 7.82. The van der Waals surface area contributed by atoms with Crippen molar-refractivity contribution in [2.45, 2.75) is 38.1 Å². The van der Waals surface area contributed by atoms with Crippen molar-refractivity contribution in [2.24, 2.45) is 11.8 Å². The van der Waals surface area contributed by atoms with Crippen LogP contribution in [-0.2, 0) is 17.6 Å². The predicted octanol–water partition coefficient (Wildman–Crippen LogP) is 3.48. The second-order valence-electron chi connectivity index (χ2n) is 9.78. The number of hydrogen-bond acceptors (Lipinski definition) is 4. The zero-order valence-electron chi connectivity index (χ0n) is 18.5. The summed E-state index contributed by atoms with van der Waals surface area (Å²) in [5.41, 5.74) is 3.40. The van der Waals surface area contributed by atoms with E-state index in [9.17, 15) is 4.79 Å². The number of nitrogens with zero attached hydrogens (tertiary/aromatic N) is 4. The van der Waals surface area contributed by atoms with Gasteiger partial charge < -0.3 is 9.80 Å². The van der Waals surface area contributed by atoms with Crippen LogP contribution in [0.5, 0.6) is 0 Å². The van der Waals surface area contributed by atoms with Crippen LogP contribution in [0.3, 0.4) is 0 Å². The Kier molecular flexibility index (Phi) is 6.18. The lowest BCUT2D eigenvalue weighted by Crippen LogP contribution is -2.57. The summed E-state index contributed by atoms with van der Waals surface area (Å²) in [5, 5.41) is 1.95. The molecule has 6 heteroatoms. The SMILES string of the molecule is CN1CCC(CN2CCN(C=O)CC2C2CCc3c(nc4ccccc4c3Cl)C2)CC1. The zero-order chi connectivity index (χ0) is 21.4. The maximum Gasteiger partial charge on any atom is 0.209 e. The van der Waals surface area contributed by atoms with Gasteiger partial charge in [0, 0.05) is 43.3 Å². The highest BCUT2D eigenvalue weighted by atomic mass is 35.5. The van der Waals surface area contributed by atoms with Crippen LogP contribution in [0.25, 0.3) is 10.9 Å². The number of piperazine rings is 1. The van der Waals surface area contributed by atoms with E-state index in [0.29, 0.717) is 12.0 Å². The summed E-state index contributed by atoms with van der Waals surface area (Å²) < 4.78 is 0. The molecular formula is C25H33ClN4O. The molecule has 166 valence electrons. The molecule has 0 saturated carbocycles. The summed E-state index contributed by atoms with van der Waals surface area (Å²) in [6.07, 6.45) is 6.67. The first-order valence-corrected chi connectivity index (χ1v) is 12.2. The molecule has 0 spiro atoms. The monoisotopic (exact) mass is 440 g/mol. The predicted molar refractivity (Wildman–Crippen MR) is 125 cm³/mol. The van der Waals surface area contributed by atoms with Crippen molar-refractivity contribution in [3.8, 4) is 0 Å². The minimum Gasteiger partial charge on any atom is -0.342 e. The molecule has 2 saturated heterocycles. The van der Waals surface area contributed by atoms with Crippen LogP contribution in [0.4, 0.5) is 0 Å². The number of para-hydroxylation sites is 1. The molecule has 2 aliphatic heterocycles. The molecule has 0 N–H and O–H groups in total. The summed E-state index contributed by atoms with van der Waals surface area (Å²) in [4.78, 5) is 23.7. The van der Waals surface area contributed by atoms with Gasteiger partial charge in [0.1, 0.15) is 0 Å². The number of carbonyl (C=O) groups is 1. The van der Waals surface area contributed by atoms with Crippen molar-refractivity contribution < 1.29 is 4.79 Å². The van der Waals surface area contributed by atoms with Crippen molar-refractivity contribution in [1.29, 1.82) is 0 Å². The van der Waals surface area contributed by atoms with Gasteiger partial charge in [-0.25, -0.2) is 0 Å². The van der Waals surface area contributed by atoms with E-state index in [-0.39, 0.29) is 0 Å². The number of hydrogen-bond donors (Lipinski definition) is 0. The highest BCUT2D eigenvalue weighted by Gasteiger charge is 2.37. The first-order valence-electron chi connectivity index (χ1n) is 11.8. The molecule has 0 bridgehead atoms. The number of rotatable bonds is 4. The van der Waals surface area contributed by atoms with Crippen molar-refractivity contribution >= 4 is 28.9 Å². The molecule has 2 fully saturated rings. The molecule has 3 heterocycles. The summed E-state index contributed by atoms with van der Waals surface area (Å²) >= 11 is 6.80. The maximum absolute atomic E-state index is 11.6. The second kappa shape index (κ2) is 9.05. The summed E-state index contributed by atoms with van der Waals surface area (Å²) in [6, 6.07) is 8.62. The van der Waals surface area contributed by atoms with Gasteiger partial charge in [-0.3, -0.25) is 14.7 Å². The number of likely N-dealkylation sites (tertiary alicyclic amines) is 1. The molecule has 5 rings (SSSR count). The normalized spacial score (nSPS) is 26.2. The smallest absolute Gasteiger partial charge is 0.209 e. The molecule has 3 aliphatic rings. The lowest BCUT2D eigenvalue weighted by Gasteiger charge is -2.46. The number of piperidine rings is 1. The molecule has 1 amide bonds. The van der Waals surface area contributed by atoms with Crippen LogP contribution in [0, 0.1) is 11.8 Å². The molecule has 2 unspecified atom stereocenters. The molecule has 5 nitrogen and oxygen atoms in total. The molecule has 1 aliphatic carbocycles. The maximum atomic E-state index is 11.6. The zero-order valence-corrected chi connectivity index (χ0v) is 19.2. The minimum absolute atomic E-state index is 0.416. The molecule has 2 atom stereocenters. The van der Waals surface area contributed by atoms with E-state index in [1.165, 1.54) is 43.7 Å². The Morgan fingerprint density at radius 1 is 1.13 bits per heavy atom. The largest absolute Gasteiger partial charge is 0.342 e. The van der Waals surface area contributed by atoms with E-state index in [1.807, 2.05) is 17.0 Å². The Morgan fingerprint density at radius 2 is 1.94 bits per heavy atom. The van der Waals surface area contributed by atoms with E-state index in [1.54, 1.807) is 0 Å². The summed E-state index contributed by atoms with van der Waals surface area (Å²) in [5.74, 6) is 1.29.